The van der Waals surface area contributed by atoms with E-state index in [-0.39, 0.29) is 0 Å². The van der Waals surface area contributed by atoms with E-state index >= 15 is 0 Å². The lowest BCUT2D eigenvalue weighted by Gasteiger charge is -2.08. The molecule has 0 aliphatic heterocycles. The Morgan fingerprint density at radius 3 is 2.40 bits per heavy atom. The monoisotopic (exact) mass is 149 g/mol. The molecule has 7 heteroatoms. The second-order valence-corrected chi connectivity index (χ2v) is 1.57. The highest BCUT2D eigenvalue weighted by molar-refractivity contribution is 4.29. The van der Waals surface area contributed by atoms with Gasteiger partial charge in [-0.15, -0.1) is 0 Å². The normalized spacial score (nSPS) is 10.2. The van der Waals surface area contributed by atoms with E-state index in [1.54, 1.807) is 0 Å². The number of nitrogens with one attached hydrogen (secondary N) is 6. The van der Waals surface area contributed by atoms with Crippen molar-refractivity contribution < 1.29 is 0 Å². The lowest BCUT2D eigenvalue weighted by molar-refractivity contribution is 0.297. The highest BCUT2D eigenvalue weighted by Crippen LogP contribution is 1.62. The third-order valence-electron chi connectivity index (χ3n) is 0.723. The van der Waals surface area contributed by atoms with Crippen LogP contribution in [-0.4, -0.2) is 6.54 Å². The Morgan fingerprint density at radius 1 is 1.10 bits per heavy atom. The molecule has 0 unspecified atom stereocenters. The van der Waals surface area contributed by atoms with E-state index in [2.05, 4.69) is 40.0 Å². The Kier molecular flexibility index (Phi) is 8.48. The molecule has 0 aromatic carbocycles. The zero-order chi connectivity index (χ0) is 7.66. The van der Waals surface area contributed by atoms with Crippen molar-refractivity contribution in [1.82, 2.24) is 33.1 Å². The summed E-state index contributed by atoms with van der Waals surface area (Å²) in [5, 5.41) is 0. The van der Waals surface area contributed by atoms with Crippen LogP contribution in [0.2, 0.25) is 0 Å². The second-order valence-electron chi connectivity index (χ2n) is 1.57. The van der Waals surface area contributed by atoms with Gasteiger partial charge in [0.1, 0.15) is 0 Å². The molecule has 0 saturated heterocycles. The lowest BCUT2D eigenvalue weighted by atomic mass is 10.5. The van der Waals surface area contributed by atoms with Crippen LogP contribution in [0.4, 0.5) is 0 Å². The first kappa shape index (κ1) is 9.72. The molecule has 0 aliphatic rings. The van der Waals surface area contributed by atoms with Crippen LogP contribution in [0.15, 0.2) is 0 Å². The molecule has 0 heterocycles. The van der Waals surface area contributed by atoms with Crippen molar-refractivity contribution in [3.05, 3.63) is 0 Å². The van der Waals surface area contributed by atoms with Crippen LogP contribution in [0.5, 0.6) is 0 Å². The maximum atomic E-state index is 4.86. The van der Waals surface area contributed by atoms with Gasteiger partial charge in [0.2, 0.25) is 0 Å². The molecule has 0 saturated carbocycles. The fourth-order valence-electron chi connectivity index (χ4n) is 0.330. The number of hydrazine groups is 6. The van der Waals surface area contributed by atoms with Gasteiger partial charge in [0, 0.05) is 6.54 Å². The van der Waals surface area contributed by atoms with E-state index in [0.717, 1.165) is 13.0 Å². The van der Waals surface area contributed by atoms with Crippen molar-refractivity contribution in [3.63, 3.8) is 0 Å². The zero-order valence-corrected chi connectivity index (χ0v) is 5.99. The second kappa shape index (κ2) is 8.72. The Hall–Kier alpha value is -0.280. The molecule has 0 atom stereocenters. The number of rotatable bonds is 7. The van der Waals surface area contributed by atoms with Gasteiger partial charge in [-0.2, -0.15) is 27.7 Å². The van der Waals surface area contributed by atoms with E-state index in [0.29, 0.717) is 0 Å². The molecular formula is C3H15N7. The standard InChI is InChI=1S/C3H15N7/c1-2-3-5-7-9-10-8-6-4/h5-10H,2-4H2,1H3. The summed E-state index contributed by atoms with van der Waals surface area (Å²) in [7, 11) is 0. The topological polar surface area (TPSA) is 98.2 Å². The summed E-state index contributed by atoms with van der Waals surface area (Å²) in [6.07, 6.45) is 1.07. The Balaban J connectivity index is 2.65. The van der Waals surface area contributed by atoms with Crippen molar-refractivity contribution in [2.75, 3.05) is 6.54 Å². The third kappa shape index (κ3) is 7.72. The van der Waals surface area contributed by atoms with Gasteiger partial charge in [-0.3, -0.25) is 5.84 Å². The first-order chi connectivity index (χ1) is 4.91. The first-order valence-electron chi connectivity index (χ1n) is 3.10. The average molecular weight is 149 g/mol. The van der Waals surface area contributed by atoms with Crippen molar-refractivity contribution in [1.29, 1.82) is 0 Å². The average Bonchev–Trinajstić information content (AvgIpc) is 1.97. The van der Waals surface area contributed by atoms with E-state index in [9.17, 15) is 0 Å². The highest BCUT2D eigenvalue weighted by atomic mass is 15.9. The minimum Gasteiger partial charge on any atom is -0.257 e. The predicted octanol–water partition coefficient (Wildman–Crippen LogP) is -2.62. The van der Waals surface area contributed by atoms with Gasteiger partial charge in [-0.25, -0.2) is 5.43 Å². The molecule has 0 aromatic heterocycles. The molecule has 0 amide bonds. The van der Waals surface area contributed by atoms with Crippen LogP contribution in [0.3, 0.4) is 0 Å². The molecule has 0 spiro atoms. The summed E-state index contributed by atoms with van der Waals surface area (Å²) in [5.41, 5.74) is 15.1. The molecule has 0 rings (SSSR count). The Morgan fingerprint density at radius 2 is 1.80 bits per heavy atom. The van der Waals surface area contributed by atoms with Gasteiger partial charge >= 0.3 is 0 Å². The Labute approximate surface area is 59.9 Å². The molecule has 0 fully saturated rings. The van der Waals surface area contributed by atoms with Crippen LogP contribution in [0.25, 0.3) is 0 Å². The molecule has 10 heavy (non-hydrogen) atoms. The van der Waals surface area contributed by atoms with E-state index in [4.69, 9.17) is 5.84 Å². The van der Waals surface area contributed by atoms with Gasteiger partial charge in [-0.1, -0.05) is 6.92 Å². The first-order valence-corrected chi connectivity index (χ1v) is 3.10. The zero-order valence-electron chi connectivity index (χ0n) is 5.99. The van der Waals surface area contributed by atoms with E-state index in [1.807, 2.05) is 0 Å². The molecule has 0 aromatic rings. The van der Waals surface area contributed by atoms with Crippen LogP contribution in [-0.2, 0) is 0 Å². The fourth-order valence-corrected chi connectivity index (χ4v) is 0.330. The van der Waals surface area contributed by atoms with Crippen LogP contribution < -0.4 is 38.9 Å². The maximum absolute atomic E-state index is 4.86. The Bertz CT molecular complexity index is 48.8. The summed E-state index contributed by atoms with van der Waals surface area (Å²) in [5.74, 6) is 4.86. The summed E-state index contributed by atoms with van der Waals surface area (Å²) in [6.45, 7) is 2.96. The fraction of sp³-hybridized carbons (Fsp3) is 1.00. The smallest absolute Gasteiger partial charge is 0.0111 e. The molecule has 8 N–H and O–H groups in total. The van der Waals surface area contributed by atoms with Crippen molar-refractivity contribution in [2.45, 2.75) is 13.3 Å². The molecule has 0 radical (unpaired) electrons. The largest absolute Gasteiger partial charge is 0.257 e. The van der Waals surface area contributed by atoms with E-state index < -0.39 is 0 Å². The number of nitrogens with two attached hydrogens (primary N) is 1. The molecule has 0 bridgehead atoms. The summed E-state index contributed by atoms with van der Waals surface area (Å²) >= 11 is 0. The molecule has 0 aliphatic carbocycles. The van der Waals surface area contributed by atoms with Gasteiger partial charge in [0.05, 0.1) is 0 Å². The van der Waals surface area contributed by atoms with Crippen LogP contribution >= 0.6 is 0 Å². The van der Waals surface area contributed by atoms with Crippen molar-refractivity contribution in [3.8, 4) is 0 Å². The molecule has 7 nitrogen and oxygen atoms in total. The van der Waals surface area contributed by atoms with Gasteiger partial charge < -0.3 is 0 Å². The van der Waals surface area contributed by atoms with Crippen molar-refractivity contribution >= 4 is 0 Å². The predicted molar refractivity (Wildman–Crippen MR) is 38.2 cm³/mol. The van der Waals surface area contributed by atoms with Gasteiger partial charge in [0.15, 0.2) is 0 Å². The summed E-state index contributed by atoms with van der Waals surface area (Å²) in [4.78, 5) is 0. The third-order valence-corrected chi connectivity index (χ3v) is 0.723. The number of hydrogen-bond acceptors (Lipinski definition) is 7. The van der Waals surface area contributed by atoms with E-state index in [1.165, 1.54) is 0 Å². The molecule has 62 valence electrons. The number of hydrogen-bond donors (Lipinski definition) is 7. The summed E-state index contributed by atoms with van der Waals surface area (Å²) in [6, 6.07) is 0. The van der Waals surface area contributed by atoms with Gasteiger partial charge in [0.25, 0.3) is 0 Å². The van der Waals surface area contributed by atoms with Crippen LogP contribution in [0.1, 0.15) is 13.3 Å². The SMILES string of the molecule is CCCNNNNNNN. The molecular weight excluding hydrogens is 134 g/mol. The van der Waals surface area contributed by atoms with Crippen molar-refractivity contribution in [2.24, 2.45) is 5.84 Å². The quantitative estimate of drug-likeness (QED) is 0.121. The van der Waals surface area contributed by atoms with Crippen LogP contribution in [0, 0.1) is 0 Å². The maximum Gasteiger partial charge on any atom is 0.0111 e. The highest BCUT2D eigenvalue weighted by Gasteiger charge is 1.78. The summed E-state index contributed by atoms with van der Waals surface area (Å²) < 4.78 is 0. The minimum atomic E-state index is 0.894. The lowest BCUT2D eigenvalue weighted by Crippen LogP contribution is -2.60. The minimum absolute atomic E-state index is 0.894. The van der Waals surface area contributed by atoms with Gasteiger partial charge in [-0.05, 0) is 6.42 Å².